The first-order valence-electron chi connectivity index (χ1n) is 7.21. The maximum absolute atomic E-state index is 5.79. The van der Waals surface area contributed by atoms with Crippen LogP contribution in [0, 0.1) is 0 Å². The molecule has 1 rings (SSSR count). The van der Waals surface area contributed by atoms with Crippen LogP contribution >= 0.6 is 0 Å². The van der Waals surface area contributed by atoms with E-state index in [9.17, 15) is 0 Å². The molecule has 0 aromatic heterocycles. The van der Waals surface area contributed by atoms with Gasteiger partial charge in [-0.2, -0.15) is 0 Å². The number of hydrogen-bond donors (Lipinski definition) is 1. The average Bonchev–Trinajstić information content (AvgIpc) is 2.41. The normalized spacial score (nSPS) is 14.2. The summed E-state index contributed by atoms with van der Waals surface area (Å²) >= 11 is 0. The van der Waals surface area contributed by atoms with Crippen LogP contribution in [0.4, 0.5) is 0 Å². The van der Waals surface area contributed by atoms with Gasteiger partial charge in [-0.1, -0.05) is 32.9 Å². The molecule has 0 heterocycles. The molecule has 0 saturated carbocycles. The molecule has 0 bridgehead atoms. The Hall–Kier alpha value is -1.02. The van der Waals surface area contributed by atoms with Gasteiger partial charge in [0.05, 0.1) is 6.10 Å². The lowest BCUT2D eigenvalue weighted by Crippen LogP contribution is -2.21. The van der Waals surface area contributed by atoms with Gasteiger partial charge < -0.3 is 10.1 Å². The Balaban J connectivity index is 2.62. The summed E-state index contributed by atoms with van der Waals surface area (Å²) in [7, 11) is 0. The molecular weight excluding hydrogens is 222 g/mol. The first-order valence-corrected chi connectivity index (χ1v) is 7.21. The van der Waals surface area contributed by atoms with Crippen molar-refractivity contribution >= 4 is 0 Å². The van der Waals surface area contributed by atoms with Crippen LogP contribution in [-0.4, -0.2) is 12.6 Å². The second-order valence-electron chi connectivity index (χ2n) is 4.82. The molecule has 0 aliphatic rings. The van der Waals surface area contributed by atoms with Gasteiger partial charge in [0.15, 0.2) is 0 Å². The van der Waals surface area contributed by atoms with Crippen molar-refractivity contribution in [1.29, 1.82) is 0 Å². The lowest BCUT2D eigenvalue weighted by atomic mass is 10.0. The summed E-state index contributed by atoms with van der Waals surface area (Å²) in [5.74, 6) is 0.971. The quantitative estimate of drug-likeness (QED) is 0.741. The zero-order valence-electron chi connectivity index (χ0n) is 12.2. The molecule has 2 unspecified atom stereocenters. The third kappa shape index (κ3) is 4.69. The molecule has 0 spiro atoms. The molecule has 102 valence electrons. The molecular formula is C16H27NO. The van der Waals surface area contributed by atoms with Gasteiger partial charge in [0.25, 0.3) is 0 Å². The van der Waals surface area contributed by atoms with Crippen LogP contribution in [0.1, 0.15) is 58.6 Å². The minimum absolute atomic E-state index is 0.288. The highest BCUT2D eigenvalue weighted by Gasteiger charge is 2.08. The maximum Gasteiger partial charge on any atom is 0.119 e. The Labute approximate surface area is 112 Å². The Morgan fingerprint density at radius 2 is 1.72 bits per heavy atom. The summed E-state index contributed by atoms with van der Waals surface area (Å²) < 4.78 is 5.79. The van der Waals surface area contributed by atoms with Crippen molar-refractivity contribution in [3.8, 4) is 5.75 Å². The van der Waals surface area contributed by atoms with Gasteiger partial charge in [0, 0.05) is 6.04 Å². The van der Waals surface area contributed by atoms with E-state index in [1.54, 1.807) is 0 Å². The number of benzene rings is 1. The smallest absolute Gasteiger partial charge is 0.119 e. The Bertz CT molecular complexity index is 320. The van der Waals surface area contributed by atoms with Gasteiger partial charge in [0.2, 0.25) is 0 Å². The molecule has 0 amide bonds. The van der Waals surface area contributed by atoms with Crippen LogP contribution in [0.5, 0.6) is 5.75 Å². The first kappa shape index (κ1) is 15.0. The molecule has 0 radical (unpaired) electrons. The summed E-state index contributed by atoms with van der Waals surface area (Å²) in [6.45, 7) is 9.73. The molecule has 1 aromatic carbocycles. The number of rotatable bonds is 8. The second-order valence-corrected chi connectivity index (χ2v) is 4.82. The van der Waals surface area contributed by atoms with Gasteiger partial charge in [-0.15, -0.1) is 0 Å². The summed E-state index contributed by atoms with van der Waals surface area (Å²) in [5.41, 5.74) is 1.35. The Kier molecular flexibility index (Phi) is 6.81. The number of nitrogens with one attached hydrogen (secondary N) is 1. The van der Waals surface area contributed by atoms with E-state index in [4.69, 9.17) is 4.74 Å². The molecule has 18 heavy (non-hydrogen) atoms. The van der Waals surface area contributed by atoms with Crippen molar-refractivity contribution in [2.45, 2.75) is 59.1 Å². The third-order valence-corrected chi connectivity index (χ3v) is 3.24. The lowest BCUT2D eigenvalue weighted by molar-refractivity contribution is 0.217. The van der Waals surface area contributed by atoms with Crippen LogP contribution in [-0.2, 0) is 0 Å². The fourth-order valence-electron chi connectivity index (χ4n) is 1.91. The highest BCUT2D eigenvalue weighted by atomic mass is 16.5. The van der Waals surface area contributed by atoms with E-state index in [0.717, 1.165) is 25.1 Å². The number of ether oxygens (including phenoxy) is 1. The third-order valence-electron chi connectivity index (χ3n) is 3.24. The van der Waals surface area contributed by atoms with Crippen molar-refractivity contribution in [2.75, 3.05) is 6.54 Å². The standard InChI is InChI=1S/C16H27NO/c1-5-12-17-16(7-3)14-8-10-15(11-9-14)18-13(4)6-2/h8-11,13,16-17H,5-7,12H2,1-4H3. The van der Waals surface area contributed by atoms with Gasteiger partial charge in [0.1, 0.15) is 5.75 Å². The van der Waals surface area contributed by atoms with E-state index < -0.39 is 0 Å². The van der Waals surface area contributed by atoms with Gasteiger partial charge in [-0.05, 0) is 50.4 Å². The zero-order valence-corrected chi connectivity index (χ0v) is 12.2. The highest BCUT2D eigenvalue weighted by Crippen LogP contribution is 2.21. The van der Waals surface area contributed by atoms with Crippen molar-refractivity contribution in [1.82, 2.24) is 5.32 Å². The van der Waals surface area contributed by atoms with Gasteiger partial charge >= 0.3 is 0 Å². The van der Waals surface area contributed by atoms with Crippen molar-refractivity contribution in [3.63, 3.8) is 0 Å². The molecule has 0 aliphatic carbocycles. The zero-order chi connectivity index (χ0) is 13.4. The van der Waals surface area contributed by atoms with Gasteiger partial charge in [-0.3, -0.25) is 0 Å². The minimum atomic E-state index is 0.288. The largest absolute Gasteiger partial charge is 0.491 e. The van der Waals surface area contributed by atoms with Crippen LogP contribution in [0.2, 0.25) is 0 Å². The Morgan fingerprint density at radius 1 is 1.06 bits per heavy atom. The average molecular weight is 249 g/mol. The summed E-state index contributed by atoms with van der Waals surface area (Å²) in [4.78, 5) is 0. The van der Waals surface area contributed by atoms with E-state index >= 15 is 0 Å². The molecule has 0 saturated heterocycles. The summed E-state index contributed by atoms with van der Waals surface area (Å²) in [6, 6.07) is 8.97. The maximum atomic E-state index is 5.79. The van der Waals surface area contributed by atoms with E-state index in [0.29, 0.717) is 6.04 Å². The molecule has 1 aromatic rings. The monoisotopic (exact) mass is 249 g/mol. The van der Waals surface area contributed by atoms with Crippen LogP contribution in [0.3, 0.4) is 0 Å². The molecule has 1 N–H and O–H groups in total. The highest BCUT2D eigenvalue weighted by molar-refractivity contribution is 5.29. The van der Waals surface area contributed by atoms with Crippen LogP contribution < -0.4 is 10.1 Å². The fourth-order valence-corrected chi connectivity index (χ4v) is 1.91. The first-order chi connectivity index (χ1) is 8.71. The fraction of sp³-hybridized carbons (Fsp3) is 0.625. The van der Waals surface area contributed by atoms with Gasteiger partial charge in [-0.25, -0.2) is 0 Å². The van der Waals surface area contributed by atoms with E-state index in [1.807, 2.05) is 0 Å². The predicted octanol–water partition coefficient (Wildman–Crippen LogP) is 4.31. The molecule has 0 fully saturated rings. The molecule has 2 heteroatoms. The van der Waals surface area contributed by atoms with E-state index in [-0.39, 0.29) is 6.10 Å². The Morgan fingerprint density at radius 3 is 2.22 bits per heavy atom. The van der Waals surface area contributed by atoms with Crippen LogP contribution in [0.25, 0.3) is 0 Å². The molecule has 0 aliphatic heterocycles. The summed E-state index contributed by atoms with van der Waals surface area (Å²) in [5, 5.41) is 3.57. The van der Waals surface area contributed by atoms with E-state index in [1.165, 1.54) is 12.0 Å². The second kappa shape index (κ2) is 8.15. The van der Waals surface area contributed by atoms with Crippen molar-refractivity contribution in [3.05, 3.63) is 29.8 Å². The van der Waals surface area contributed by atoms with Crippen molar-refractivity contribution in [2.24, 2.45) is 0 Å². The summed E-state index contributed by atoms with van der Waals surface area (Å²) in [6.07, 6.45) is 3.62. The number of hydrogen-bond acceptors (Lipinski definition) is 2. The molecule has 2 nitrogen and oxygen atoms in total. The lowest BCUT2D eigenvalue weighted by Gasteiger charge is -2.18. The van der Waals surface area contributed by atoms with E-state index in [2.05, 4.69) is 57.3 Å². The SMILES string of the molecule is CCCNC(CC)c1ccc(OC(C)CC)cc1. The topological polar surface area (TPSA) is 21.3 Å². The predicted molar refractivity (Wildman–Crippen MR) is 78.1 cm³/mol. The minimum Gasteiger partial charge on any atom is -0.491 e. The molecule has 2 atom stereocenters. The van der Waals surface area contributed by atoms with Crippen LogP contribution in [0.15, 0.2) is 24.3 Å². The van der Waals surface area contributed by atoms with Crippen molar-refractivity contribution < 1.29 is 4.74 Å².